The van der Waals surface area contributed by atoms with E-state index in [0.29, 0.717) is 6.54 Å². The van der Waals surface area contributed by atoms with Gasteiger partial charge in [0.05, 0.1) is 6.54 Å². The summed E-state index contributed by atoms with van der Waals surface area (Å²) >= 11 is 1.56. The van der Waals surface area contributed by atoms with E-state index in [9.17, 15) is 4.79 Å². The van der Waals surface area contributed by atoms with E-state index in [4.69, 9.17) is 5.11 Å². The third-order valence-electron chi connectivity index (χ3n) is 1.30. The number of rotatable bonds is 2. The Bertz CT molecular complexity index is 233. The van der Waals surface area contributed by atoms with Gasteiger partial charge in [0.15, 0.2) is 0 Å². The van der Waals surface area contributed by atoms with E-state index in [0.717, 1.165) is 4.88 Å². The Morgan fingerprint density at radius 3 is 3.00 bits per heavy atom. The van der Waals surface area contributed by atoms with E-state index in [1.165, 1.54) is 4.90 Å². The summed E-state index contributed by atoms with van der Waals surface area (Å²) in [6.45, 7) is 0.479. The maximum absolute atomic E-state index is 10.4. The summed E-state index contributed by atoms with van der Waals surface area (Å²) in [6.07, 6.45) is -0.890. The largest absolute Gasteiger partial charge is 0.465 e. The molecule has 0 unspecified atom stereocenters. The molecule has 0 atom stereocenters. The highest BCUT2D eigenvalue weighted by atomic mass is 32.1. The summed E-state index contributed by atoms with van der Waals surface area (Å²) in [5, 5.41) is 10.4. The average Bonchev–Trinajstić information content (AvgIpc) is 2.39. The standard InChI is InChI=1S/C7H9NO2S/c1-8(7(9)10)5-6-3-2-4-11-6/h2-4H,5H2,1H3,(H,9,10). The molecule has 0 radical (unpaired) electrons. The number of thiophene rings is 1. The Morgan fingerprint density at radius 1 is 1.82 bits per heavy atom. The number of amides is 1. The SMILES string of the molecule is CN(Cc1cccs1)C(=O)O. The number of carboxylic acid groups (broad SMARTS) is 1. The van der Waals surface area contributed by atoms with Gasteiger partial charge in [-0.3, -0.25) is 0 Å². The molecule has 1 heterocycles. The quantitative estimate of drug-likeness (QED) is 0.737. The fraction of sp³-hybridized carbons (Fsp3) is 0.286. The van der Waals surface area contributed by atoms with Crippen LogP contribution < -0.4 is 0 Å². The first kappa shape index (κ1) is 8.07. The lowest BCUT2D eigenvalue weighted by atomic mass is 10.4. The zero-order chi connectivity index (χ0) is 8.27. The molecule has 4 heteroatoms. The van der Waals surface area contributed by atoms with Crippen LogP contribution in [0.25, 0.3) is 0 Å². The molecule has 0 saturated heterocycles. The number of hydrogen-bond acceptors (Lipinski definition) is 2. The molecule has 0 spiro atoms. The molecule has 1 rings (SSSR count). The molecule has 0 aromatic carbocycles. The lowest BCUT2D eigenvalue weighted by molar-refractivity contribution is 0.154. The second-order valence-electron chi connectivity index (χ2n) is 2.22. The molecule has 1 amide bonds. The van der Waals surface area contributed by atoms with Crippen molar-refractivity contribution in [3.05, 3.63) is 22.4 Å². The van der Waals surface area contributed by atoms with Crippen LogP contribution in [0.4, 0.5) is 4.79 Å². The minimum absolute atomic E-state index is 0.479. The first-order valence-corrected chi connectivity index (χ1v) is 4.04. The molecule has 60 valence electrons. The Kier molecular flexibility index (Phi) is 2.48. The summed E-state index contributed by atoms with van der Waals surface area (Å²) < 4.78 is 0. The molecule has 0 saturated carbocycles. The van der Waals surface area contributed by atoms with Gasteiger partial charge in [0.2, 0.25) is 0 Å². The Hall–Kier alpha value is -1.03. The average molecular weight is 171 g/mol. The molecular formula is C7H9NO2S. The summed E-state index contributed by atoms with van der Waals surface area (Å²) in [4.78, 5) is 12.7. The zero-order valence-corrected chi connectivity index (χ0v) is 6.97. The van der Waals surface area contributed by atoms with Crippen LogP contribution in [0.5, 0.6) is 0 Å². The third kappa shape index (κ3) is 2.23. The molecular weight excluding hydrogens is 162 g/mol. The van der Waals surface area contributed by atoms with Crippen molar-refractivity contribution in [1.82, 2.24) is 4.90 Å². The third-order valence-corrected chi connectivity index (χ3v) is 2.16. The molecule has 0 bridgehead atoms. The van der Waals surface area contributed by atoms with Crippen LogP contribution in [0, 0.1) is 0 Å². The maximum atomic E-state index is 10.4. The highest BCUT2D eigenvalue weighted by Crippen LogP contribution is 2.10. The van der Waals surface area contributed by atoms with Gasteiger partial charge >= 0.3 is 6.09 Å². The van der Waals surface area contributed by atoms with E-state index < -0.39 is 6.09 Å². The van der Waals surface area contributed by atoms with Crippen molar-refractivity contribution in [3.63, 3.8) is 0 Å². The predicted octanol–water partition coefficient (Wildman–Crippen LogP) is 1.86. The molecule has 11 heavy (non-hydrogen) atoms. The van der Waals surface area contributed by atoms with Crippen molar-refractivity contribution in [2.75, 3.05) is 7.05 Å². The molecule has 1 N–H and O–H groups in total. The molecule has 0 fully saturated rings. The van der Waals surface area contributed by atoms with Crippen molar-refractivity contribution in [3.8, 4) is 0 Å². The van der Waals surface area contributed by atoms with E-state index in [1.54, 1.807) is 18.4 Å². The Labute approximate surface area is 68.9 Å². The molecule has 0 aliphatic heterocycles. The summed E-state index contributed by atoms with van der Waals surface area (Å²) in [5.74, 6) is 0. The molecule has 1 aromatic rings. The van der Waals surface area contributed by atoms with Gasteiger partial charge in [-0.1, -0.05) is 6.07 Å². The van der Waals surface area contributed by atoms with E-state index in [-0.39, 0.29) is 0 Å². The first-order chi connectivity index (χ1) is 5.20. The van der Waals surface area contributed by atoms with Crippen molar-refractivity contribution in [2.24, 2.45) is 0 Å². The van der Waals surface area contributed by atoms with Crippen LogP contribution in [0.15, 0.2) is 17.5 Å². The Balaban J connectivity index is 2.50. The van der Waals surface area contributed by atoms with Gasteiger partial charge in [0.1, 0.15) is 0 Å². The lowest BCUT2D eigenvalue weighted by Gasteiger charge is -2.10. The second-order valence-corrected chi connectivity index (χ2v) is 3.25. The highest BCUT2D eigenvalue weighted by Gasteiger charge is 2.05. The van der Waals surface area contributed by atoms with Crippen LogP contribution in [-0.2, 0) is 6.54 Å². The summed E-state index contributed by atoms with van der Waals surface area (Å²) in [5.41, 5.74) is 0. The van der Waals surface area contributed by atoms with Crippen LogP contribution in [0.1, 0.15) is 4.88 Å². The van der Waals surface area contributed by atoms with Crippen LogP contribution >= 0.6 is 11.3 Å². The van der Waals surface area contributed by atoms with Crippen molar-refractivity contribution >= 4 is 17.4 Å². The summed E-state index contributed by atoms with van der Waals surface area (Å²) in [6, 6.07) is 3.83. The topological polar surface area (TPSA) is 40.5 Å². The predicted molar refractivity (Wildman–Crippen MR) is 43.8 cm³/mol. The fourth-order valence-electron chi connectivity index (χ4n) is 0.704. The minimum atomic E-state index is -0.890. The van der Waals surface area contributed by atoms with Crippen LogP contribution in [0.2, 0.25) is 0 Å². The summed E-state index contributed by atoms with van der Waals surface area (Å²) in [7, 11) is 1.56. The molecule has 0 aliphatic rings. The molecule has 0 aliphatic carbocycles. The van der Waals surface area contributed by atoms with Crippen molar-refractivity contribution < 1.29 is 9.90 Å². The second kappa shape index (κ2) is 3.39. The van der Waals surface area contributed by atoms with Crippen LogP contribution in [-0.4, -0.2) is 23.1 Å². The monoisotopic (exact) mass is 171 g/mol. The number of carbonyl (C=O) groups is 1. The maximum Gasteiger partial charge on any atom is 0.407 e. The van der Waals surface area contributed by atoms with Crippen molar-refractivity contribution in [1.29, 1.82) is 0 Å². The van der Waals surface area contributed by atoms with Gasteiger partial charge in [0.25, 0.3) is 0 Å². The number of nitrogens with zero attached hydrogens (tertiary/aromatic N) is 1. The van der Waals surface area contributed by atoms with Gasteiger partial charge in [-0.05, 0) is 11.4 Å². The minimum Gasteiger partial charge on any atom is -0.465 e. The van der Waals surface area contributed by atoms with Crippen LogP contribution in [0.3, 0.4) is 0 Å². The smallest absolute Gasteiger partial charge is 0.407 e. The highest BCUT2D eigenvalue weighted by molar-refractivity contribution is 7.09. The van der Waals surface area contributed by atoms with Gasteiger partial charge < -0.3 is 10.0 Å². The first-order valence-electron chi connectivity index (χ1n) is 3.16. The van der Waals surface area contributed by atoms with E-state index >= 15 is 0 Å². The van der Waals surface area contributed by atoms with Gasteiger partial charge in [-0.2, -0.15) is 0 Å². The van der Waals surface area contributed by atoms with Gasteiger partial charge in [-0.25, -0.2) is 4.79 Å². The van der Waals surface area contributed by atoms with Crippen molar-refractivity contribution in [2.45, 2.75) is 6.54 Å². The zero-order valence-electron chi connectivity index (χ0n) is 6.15. The normalized spacial score (nSPS) is 9.55. The van der Waals surface area contributed by atoms with Gasteiger partial charge in [0, 0.05) is 11.9 Å². The lowest BCUT2D eigenvalue weighted by Crippen LogP contribution is -2.23. The fourth-order valence-corrected chi connectivity index (χ4v) is 1.46. The van der Waals surface area contributed by atoms with E-state index in [1.807, 2.05) is 17.5 Å². The molecule has 1 aromatic heterocycles. The molecule has 3 nitrogen and oxygen atoms in total. The van der Waals surface area contributed by atoms with E-state index in [2.05, 4.69) is 0 Å². The van der Waals surface area contributed by atoms with Gasteiger partial charge in [-0.15, -0.1) is 11.3 Å². The number of hydrogen-bond donors (Lipinski definition) is 1. The Morgan fingerprint density at radius 2 is 2.55 bits per heavy atom.